The van der Waals surface area contributed by atoms with Crippen molar-refractivity contribution in [1.29, 1.82) is 0 Å². The van der Waals surface area contributed by atoms with Crippen LogP contribution in [0.5, 0.6) is 0 Å². The lowest BCUT2D eigenvalue weighted by molar-refractivity contribution is -0.127. The summed E-state index contributed by atoms with van der Waals surface area (Å²) in [7, 11) is 0. The van der Waals surface area contributed by atoms with Crippen LogP contribution in [0.15, 0.2) is 60.7 Å². The fourth-order valence-corrected chi connectivity index (χ4v) is 3.23. The molecule has 1 aliphatic heterocycles. The average molecular weight is 348 g/mol. The number of amides is 1. The van der Waals surface area contributed by atoms with Crippen molar-refractivity contribution in [3.05, 3.63) is 77.4 Å². The first-order valence-electron chi connectivity index (χ1n) is 9.45. The second-order valence-electron chi connectivity index (χ2n) is 7.24. The van der Waals surface area contributed by atoms with Gasteiger partial charge >= 0.3 is 0 Å². The fourth-order valence-electron chi connectivity index (χ4n) is 3.23. The van der Waals surface area contributed by atoms with Crippen molar-refractivity contribution < 1.29 is 4.79 Å². The van der Waals surface area contributed by atoms with Gasteiger partial charge in [-0.1, -0.05) is 68.4 Å². The Morgan fingerprint density at radius 2 is 1.62 bits per heavy atom. The molecule has 0 unspecified atom stereocenters. The van der Waals surface area contributed by atoms with E-state index in [9.17, 15) is 4.79 Å². The summed E-state index contributed by atoms with van der Waals surface area (Å²) in [5.74, 6) is 0.638. The summed E-state index contributed by atoms with van der Waals surface area (Å²) in [5, 5.41) is 0. The van der Waals surface area contributed by atoms with Gasteiger partial charge in [-0.2, -0.15) is 0 Å². The molecule has 1 saturated heterocycles. The normalized spacial score (nSPS) is 15.7. The van der Waals surface area contributed by atoms with Crippen LogP contribution in [0.2, 0.25) is 0 Å². The van der Waals surface area contributed by atoms with Crippen molar-refractivity contribution in [2.75, 3.05) is 26.2 Å². The van der Waals surface area contributed by atoms with Crippen molar-refractivity contribution >= 4 is 12.0 Å². The van der Waals surface area contributed by atoms with Gasteiger partial charge in [-0.25, -0.2) is 0 Å². The Labute approximate surface area is 156 Å². The molecule has 1 heterocycles. The van der Waals surface area contributed by atoms with Gasteiger partial charge in [0.2, 0.25) is 5.91 Å². The van der Waals surface area contributed by atoms with Crippen LogP contribution in [0.3, 0.4) is 0 Å². The minimum Gasteiger partial charge on any atom is -0.337 e. The van der Waals surface area contributed by atoms with Gasteiger partial charge in [0.25, 0.3) is 0 Å². The molecule has 136 valence electrons. The van der Waals surface area contributed by atoms with E-state index in [1.165, 1.54) is 11.1 Å². The molecule has 0 radical (unpaired) electrons. The largest absolute Gasteiger partial charge is 0.337 e. The summed E-state index contributed by atoms with van der Waals surface area (Å²) < 4.78 is 0. The number of rotatable bonds is 5. The van der Waals surface area contributed by atoms with Crippen molar-refractivity contribution in [3.63, 3.8) is 0 Å². The van der Waals surface area contributed by atoms with Gasteiger partial charge in [0.05, 0.1) is 0 Å². The third-order valence-electron chi connectivity index (χ3n) is 4.95. The zero-order valence-corrected chi connectivity index (χ0v) is 15.8. The van der Waals surface area contributed by atoms with Crippen LogP contribution in [0, 0.1) is 0 Å². The van der Waals surface area contributed by atoms with E-state index in [1.807, 2.05) is 17.0 Å². The summed E-state index contributed by atoms with van der Waals surface area (Å²) in [6.07, 6.45) is 3.63. The summed E-state index contributed by atoms with van der Waals surface area (Å²) >= 11 is 0. The molecule has 0 aromatic heterocycles. The predicted molar refractivity (Wildman–Crippen MR) is 108 cm³/mol. The van der Waals surface area contributed by atoms with Crippen molar-refractivity contribution in [2.24, 2.45) is 0 Å². The summed E-state index contributed by atoms with van der Waals surface area (Å²) in [5.41, 5.74) is 3.73. The number of nitrogens with zero attached hydrogens (tertiary/aromatic N) is 2. The van der Waals surface area contributed by atoms with Gasteiger partial charge < -0.3 is 4.90 Å². The van der Waals surface area contributed by atoms with Gasteiger partial charge in [0.1, 0.15) is 0 Å². The first kappa shape index (κ1) is 18.4. The molecule has 26 heavy (non-hydrogen) atoms. The van der Waals surface area contributed by atoms with E-state index in [0.29, 0.717) is 5.92 Å². The maximum absolute atomic E-state index is 12.4. The molecule has 0 N–H and O–H groups in total. The van der Waals surface area contributed by atoms with E-state index in [0.717, 1.165) is 38.3 Å². The highest BCUT2D eigenvalue weighted by Crippen LogP contribution is 2.15. The van der Waals surface area contributed by atoms with Crippen LogP contribution in [-0.4, -0.2) is 41.9 Å². The SMILES string of the molecule is CC(C)c1ccc(C=CC(=O)N2CCN(Cc3ccccc3)CC2)cc1. The second-order valence-corrected chi connectivity index (χ2v) is 7.24. The van der Waals surface area contributed by atoms with E-state index in [4.69, 9.17) is 0 Å². The average Bonchev–Trinajstić information content (AvgIpc) is 2.68. The van der Waals surface area contributed by atoms with Crippen molar-refractivity contribution in [2.45, 2.75) is 26.3 Å². The number of carbonyl (C=O) groups is 1. The highest BCUT2D eigenvalue weighted by Gasteiger charge is 2.19. The predicted octanol–water partition coefficient (Wildman–Crippen LogP) is 4.17. The fraction of sp³-hybridized carbons (Fsp3) is 0.348. The van der Waals surface area contributed by atoms with E-state index in [2.05, 4.69) is 67.3 Å². The minimum absolute atomic E-state index is 0.109. The number of carbonyl (C=O) groups excluding carboxylic acids is 1. The molecular weight excluding hydrogens is 320 g/mol. The minimum atomic E-state index is 0.109. The van der Waals surface area contributed by atoms with Gasteiger partial charge in [0.15, 0.2) is 0 Å². The lowest BCUT2D eigenvalue weighted by atomic mass is 10.0. The van der Waals surface area contributed by atoms with Crippen LogP contribution < -0.4 is 0 Å². The molecule has 3 rings (SSSR count). The van der Waals surface area contributed by atoms with E-state index in [-0.39, 0.29) is 5.91 Å². The van der Waals surface area contributed by atoms with Crippen molar-refractivity contribution in [1.82, 2.24) is 9.80 Å². The monoisotopic (exact) mass is 348 g/mol. The summed E-state index contributed by atoms with van der Waals surface area (Å²) in [6, 6.07) is 18.9. The summed E-state index contributed by atoms with van der Waals surface area (Å²) in [6.45, 7) is 8.78. The molecule has 0 spiro atoms. The second kappa shape index (κ2) is 8.81. The molecule has 1 aliphatic rings. The van der Waals surface area contributed by atoms with Crippen LogP contribution in [0.25, 0.3) is 6.08 Å². The zero-order chi connectivity index (χ0) is 18.4. The van der Waals surface area contributed by atoms with E-state index < -0.39 is 0 Å². The third kappa shape index (κ3) is 5.06. The Morgan fingerprint density at radius 3 is 2.23 bits per heavy atom. The Bertz CT molecular complexity index is 727. The first-order valence-corrected chi connectivity index (χ1v) is 9.45. The lowest BCUT2D eigenvalue weighted by Crippen LogP contribution is -2.47. The number of hydrogen-bond donors (Lipinski definition) is 0. The molecular formula is C23H28N2O. The zero-order valence-electron chi connectivity index (χ0n) is 15.8. The smallest absolute Gasteiger partial charge is 0.246 e. The standard InChI is InChI=1S/C23H28N2O/c1-19(2)22-11-8-20(9-12-22)10-13-23(26)25-16-14-24(15-17-25)18-21-6-4-3-5-7-21/h3-13,19H,14-18H2,1-2H3. The molecule has 2 aromatic rings. The molecule has 0 bridgehead atoms. The van der Waals surface area contributed by atoms with Gasteiger partial charge in [-0.15, -0.1) is 0 Å². The maximum Gasteiger partial charge on any atom is 0.246 e. The number of hydrogen-bond acceptors (Lipinski definition) is 2. The Balaban J connectivity index is 1.48. The van der Waals surface area contributed by atoms with Crippen LogP contribution in [0.1, 0.15) is 36.5 Å². The third-order valence-corrected chi connectivity index (χ3v) is 4.95. The molecule has 0 aliphatic carbocycles. The van der Waals surface area contributed by atoms with Gasteiger partial charge in [-0.05, 0) is 28.7 Å². The van der Waals surface area contributed by atoms with E-state index in [1.54, 1.807) is 6.08 Å². The maximum atomic E-state index is 12.4. The molecule has 2 aromatic carbocycles. The molecule has 3 heteroatoms. The van der Waals surface area contributed by atoms with Crippen LogP contribution in [0.4, 0.5) is 0 Å². The molecule has 3 nitrogen and oxygen atoms in total. The first-order chi connectivity index (χ1) is 12.6. The number of piperazine rings is 1. The van der Waals surface area contributed by atoms with Gasteiger partial charge in [0, 0.05) is 38.8 Å². The van der Waals surface area contributed by atoms with Gasteiger partial charge in [-0.3, -0.25) is 9.69 Å². The summed E-state index contributed by atoms with van der Waals surface area (Å²) in [4.78, 5) is 16.8. The Morgan fingerprint density at radius 1 is 0.962 bits per heavy atom. The molecule has 1 amide bonds. The topological polar surface area (TPSA) is 23.6 Å². The highest BCUT2D eigenvalue weighted by molar-refractivity contribution is 5.91. The number of benzene rings is 2. The molecule has 0 atom stereocenters. The van der Waals surface area contributed by atoms with E-state index >= 15 is 0 Å². The molecule has 0 saturated carbocycles. The highest BCUT2D eigenvalue weighted by atomic mass is 16.2. The Kier molecular flexibility index (Phi) is 6.24. The Hall–Kier alpha value is -2.39. The quantitative estimate of drug-likeness (QED) is 0.757. The van der Waals surface area contributed by atoms with Crippen LogP contribution >= 0.6 is 0 Å². The van der Waals surface area contributed by atoms with Crippen LogP contribution in [-0.2, 0) is 11.3 Å². The lowest BCUT2D eigenvalue weighted by Gasteiger charge is -2.34. The molecule has 1 fully saturated rings. The van der Waals surface area contributed by atoms with Crippen molar-refractivity contribution in [3.8, 4) is 0 Å².